The van der Waals surface area contributed by atoms with Crippen LogP contribution in [0.5, 0.6) is 0 Å². The highest BCUT2D eigenvalue weighted by atomic mass is 28.4. The molecule has 0 spiro atoms. The maximum absolute atomic E-state index is 9.70. The van der Waals surface area contributed by atoms with E-state index in [4.69, 9.17) is 9.16 Å². The van der Waals surface area contributed by atoms with Gasteiger partial charge in [-0.2, -0.15) is 0 Å². The van der Waals surface area contributed by atoms with Crippen molar-refractivity contribution in [3.8, 4) is 0 Å². The highest BCUT2D eigenvalue weighted by Crippen LogP contribution is 2.11. The van der Waals surface area contributed by atoms with E-state index < -0.39 is 14.4 Å². The van der Waals surface area contributed by atoms with Crippen molar-refractivity contribution in [1.29, 1.82) is 0 Å². The van der Waals surface area contributed by atoms with Crippen LogP contribution >= 0.6 is 0 Å². The van der Waals surface area contributed by atoms with Crippen LogP contribution in [0.3, 0.4) is 0 Å². The summed E-state index contributed by atoms with van der Waals surface area (Å²) in [6, 6.07) is 1.15. The van der Waals surface area contributed by atoms with E-state index in [1.54, 1.807) is 7.11 Å². The third kappa shape index (κ3) is 10.0. The molecule has 0 aromatic heterocycles. The van der Waals surface area contributed by atoms with Gasteiger partial charge in [-0.25, -0.2) is 0 Å². The Morgan fingerprint density at radius 3 is 2.56 bits per heavy atom. The Morgan fingerprint density at radius 2 is 2.00 bits per heavy atom. The van der Waals surface area contributed by atoms with Gasteiger partial charge in [0.1, 0.15) is 0 Å². The molecule has 0 rings (SSSR count). The molecule has 2 atom stereocenters. The molecule has 4 nitrogen and oxygen atoms in total. The molecule has 0 saturated carbocycles. The molecule has 0 aliphatic rings. The fourth-order valence-electron chi connectivity index (χ4n) is 1.46. The van der Waals surface area contributed by atoms with Crippen molar-refractivity contribution in [2.45, 2.75) is 58.0 Å². The van der Waals surface area contributed by atoms with Crippen LogP contribution in [0.25, 0.3) is 0 Å². The van der Waals surface area contributed by atoms with Crippen LogP contribution in [0.4, 0.5) is 0 Å². The molecule has 0 bridgehead atoms. The zero-order valence-electron chi connectivity index (χ0n) is 12.7. The molecular formula is C13H31NO3Si. The minimum absolute atomic E-state index is 0.230. The van der Waals surface area contributed by atoms with Gasteiger partial charge in [-0.05, 0) is 45.4 Å². The molecule has 0 heterocycles. The molecule has 0 fully saturated rings. The minimum Gasteiger partial charge on any atom is -0.420 e. The largest absolute Gasteiger partial charge is 0.420 e. The summed E-state index contributed by atoms with van der Waals surface area (Å²) in [4.78, 5) is 0. The van der Waals surface area contributed by atoms with Crippen LogP contribution in [-0.2, 0) is 9.16 Å². The lowest BCUT2D eigenvalue weighted by Gasteiger charge is -2.20. The number of aliphatic hydroxyl groups excluding tert-OH is 1. The van der Waals surface area contributed by atoms with E-state index in [9.17, 15) is 5.11 Å². The van der Waals surface area contributed by atoms with Gasteiger partial charge >= 0.3 is 0 Å². The Morgan fingerprint density at radius 1 is 1.33 bits per heavy atom. The van der Waals surface area contributed by atoms with Gasteiger partial charge in [0.05, 0.1) is 18.8 Å². The first kappa shape index (κ1) is 18.1. The summed E-state index contributed by atoms with van der Waals surface area (Å²) in [5, 5.41) is 13.0. The van der Waals surface area contributed by atoms with Crippen molar-refractivity contribution in [3.63, 3.8) is 0 Å². The van der Waals surface area contributed by atoms with Gasteiger partial charge in [-0.1, -0.05) is 6.92 Å². The molecule has 2 N–H and O–H groups in total. The Bertz CT molecular complexity index is 203. The van der Waals surface area contributed by atoms with Gasteiger partial charge in [0, 0.05) is 13.7 Å². The lowest BCUT2D eigenvalue weighted by atomic mass is 10.3. The van der Waals surface area contributed by atoms with Crippen LogP contribution in [0.1, 0.15) is 26.7 Å². The number of rotatable bonds is 11. The highest BCUT2D eigenvalue weighted by molar-refractivity contribution is 6.71. The average molecular weight is 277 g/mol. The third-order valence-corrected chi connectivity index (χ3v) is 5.88. The molecule has 18 heavy (non-hydrogen) atoms. The Balaban J connectivity index is 3.43. The maximum atomic E-state index is 9.70. The minimum atomic E-state index is -1.42. The van der Waals surface area contributed by atoms with Gasteiger partial charge in [-0.3, -0.25) is 0 Å². The lowest BCUT2D eigenvalue weighted by Crippen LogP contribution is -2.34. The number of hydrogen-bond donors (Lipinski definition) is 2. The lowest BCUT2D eigenvalue weighted by molar-refractivity contribution is -0.00211. The van der Waals surface area contributed by atoms with Crippen molar-refractivity contribution < 1.29 is 14.3 Å². The van der Waals surface area contributed by atoms with E-state index in [2.05, 4.69) is 25.3 Å². The predicted octanol–water partition coefficient (Wildman–Crippen LogP) is 1.99. The molecule has 0 saturated heterocycles. The van der Waals surface area contributed by atoms with Gasteiger partial charge in [0.25, 0.3) is 0 Å². The second-order valence-electron chi connectivity index (χ2n) is 5.48. The van der Waals surface area contributed by atoms with E-state index in [1.165, 1.54) is 0 Å². The van der Waals surface area contributed by atoms with Crippen molar-refractivity contribution in [2.75, 3.05) is 26.8 Å². The SMILES string of the molecule is CCC(C)OCC(O)CNCCC[Si](C)(C)OC. The normalized spacial score (nSPS) is 15.7. The molecule has 0 amide bonds. The fraction of sp³-hybridized carbons (Fsp3) is 1.00. The topological polar surface area (TPSA) is 50.7 Å². The molecule has 0 radical (unpaired) electrons. The van der Waals surface area contributed by atoms with Crippen LogP contribution in [-0.4, -0.2) is 52.4 Å². The van der Waals surface area contributed by atoms with E-state index in [0.29, 0.717) is 13.2 Å². The van der Waals surface area contributed by atoms with Gasteiger partial charge in [0.15, 0.2) is 8.32 Å². The summed E-state index contributed by atoms with van der Waals surface area (Å²) in [6.45, 7) is 10.5. The zero-order chi connectivity index (χ0) is 14.0. The van der Waals surface area contributed by atoms with Gasteiger partial charge in [-0.15, -0.1) is 0 Å². The summed E-state index contributed by atoms with van der Waals surface area (Å²) >= 11 is 0. The summed E-state index contributed by atoms with van der Waals surface area (Å²) in [5.41, 5.74) is 0. The number of aliphatic hydroxyl groups is 1. The van der Waals surface area contributed by atoms with E-state index >= 15 is 0 Å². The number of hydrogen-bond acceptors (Lipinski definition) is 4. The summed E-state index contributed by atoms with van der Waals surface area (Å²) in [6.07, 6.45) is 1.91. The predicted molar refractivity (Wildman–Crippen MR) is 78.5 cm³/mol. The highest BCUT2D eigenvalue weighted by Gasteiger charge is 2.19. The van der Waals surface area contributed by atoms with E-state index in [-0.39, 0.29) is 6.10 Å². The molecule has 0 aliphatic carbocycles. The van der Waals surface area contributed by atoms with Crippen molar-refractivity contribution >= 4 is 8.32 Å². The smallest absolute Gasteiger partial charge is 0.186 e. The first-order valence-corrected chi connectivity index (χ1v) is 10.1. The molecule has 110 valence electrons. The number of ether oxygens (including phenoxy) is 1. The second-order valence-corrected chi connectivity index (χ2v) is 9.91. The van der Waals surface area contributed by atoms with Gasteiger partial charge < -0.3 is 19.6 Å². The second kappa shape index (κ2) is 9.92. The quantitative estimate of drug-likeness (QED) is 0.448. The summed E-state index contributed by atoms with van der Waals surface area (Å²) < 4.78 is 11.0. The summed E-state index contributed by atoms with van der Waals surface area (Å²) in [7, 11) is 0.385. The molecule has 5 heteroatoms. The number of nitrogens with one attached hydrogen (secondary N) is 1. The molecule has 0 aliphatic heterocycles. The fourth-order valence-corrected chi connectivity index (χ4v) is 2.69. The van der Waals surface area contributed by atoms with Crippen LogP contribution in [0, 0.1) is 0 Å². The monoisotopic (exact) mass is 277 g/mol. The Kier molecular flexibility index (Phi) is 9.95. The Labute approximate surface area is 113 Å². The average Bonchev–Trinajstić information content (AvgIpc) is 2.35. The Hall–Kier alpha value is 0.0569. The van der Waals surface area contributed by atoms with Crippen LogP contribution in [0.2, 0.25) is 19.1 Å². The van der Waals surface area contributed by atoms with Gasteiger partial charge in [0.2, 0.25) is 0 Å². The van der Waals surface area contributed by atoms with E-state index in [1.807, 2.05) is 6.92 Å². The van der Waals surface area contributed by atoms with Crippen LogP contribution in [0.15, 0.2) is 0 Å². The third-order valence-electron chi connectivity index (χ3n) is 3.21. The van der Waals surface area contributed by atoms with Crippen LogP contribution < -0.4 is 5.32 Å². The molecule has 2 unspecified atom stereocenters. The standard InChI is InChI=1S/C13H31NO3Si/c1-6-12(2)17-11-13(15)10-14-8-7-9-18(4,5)16-3/h12-15H,6-11H2,1-5H3. The zero-order valence-corrected chi connectivity index (χ0v) is 13.7. The van der Waals surface area contributed by atoms with Crippen molar-refractivity contribution in [2.24, 2.45) is 0 Å². The van der Waals surface area contributed by atoms with Crippen molar-refractivity contribution in [3.05, 3.63) is 0 Å². The first-order valence-electron chi connectivity index (χ1n) is 6.96. The first-order chi connectivity index (χ1) is 8.41. The molecule has 0 aromatic carbocycles. The maximum Gasteiger partial charge on any atom is 0.186 e. The molecular weight excluding hydrogens is 246 g/mol. The summed E-state index contributed by atoms with van der Waals surface area (Å²) in [5.74, 6) is 0. The van der Waals surface area contributed by atoms with E-state index in [0.717, 1.165) is 25.4 Å². The molecule has 0 aromatic rings. The van der Waals surface area contributed by atoms with Crippen molar-refractivity contribution in [1.82, 2.24) is 5.32 Å².